The Morgan fingerprint density at radius 3 is 2.44 bits per heavy atom. The van der Waals surface area contributed by atoms with E-state index in [4.69, 9.17) is 9.47 Å². The number of ether oxygens (including phenoxy) is 2. The summed E-state index contributed by atoms with van der Waals surface area (Å²) in [7, 11) is 0. The zero-order valence-electron chi connectivity index (χ0n) is 21.2. The molecule has 1 saturated heterocycles. The number of carbonyl (C=O) groups excluding carboxylic acids is 2. The average molecular weight is 468 g/mol. The Hall–Kier alpha value is -2.90. The summed E-state index contributed by atoms with van der Waals surface area (Å²) in [6.07, 6.45) is 3.57. The van der Waals surface area contributed by atoms with Crippen molar-refractivity contribution in [1.29, 1.82) is 0 Å². The summed E-state index contributed by atoms with van der Waals surface area (Å²) in [5, 5.41) is 3.01. The van der Waals surface area contributed by atoms with Crippen LogP contribution in [0.2, 0.25) is 0 Å². The van der Waals surface area contributed by atoms with E-state index in [0.717, 1.165) is 54.4 Å². The molecule has 7 heteroatoms. The maximum Gasteiger partial charge on any atom is 0.340 e. The van der Waals surface area contributed by atoms with Gasteiger partial charge < -0.3 is 19.4 Å². The highest BCUT2D eigenvalue weighted by atomic mass is 16.5. The van der Waals surface area contributed by atoms with Crippen LogP contribution in [0.4, 0.5) is 5.69 Å². The van der Waals surface area contributed by atoms with Gasteiger partial charge in [0.1, 0.15) is 0 Å². The fourth-order valence-corrected chi connectivity index (χ4v) is 4.81. The summed E-state index contributed by atoms with van der Waals surface area (Å²) >= 11 is 0. The van der Waals surface area contributed by atoms with Gasteiger partial charge in [-0.3, -0.25) is 9.69 Å². The minimum Gasteiger partial charge on any atom is -0.462 e. The van der Waals surface area contributed by atoms with Gasteiger partial charge in [-0.05, 0) is 59.2 Å². The Kier molecular flexibility index (Phi) is 8.69. The van der Waals surface area contributed by atoms with Gasteiger partial charge in [-0.1, -0.05) is 18.2 Å². The molecule has 1 aliphatic rings. The van der Waals surface area contributed by atoms with Gasteiger partial charge in [0.05, 0.1) is 24.4 Å². The topological polar surface area (TPSA) is 72.8 Å². The number of nitrogens with one attached hydrogen (secondary N) is 1. The molecule has 1 N–H and O–H groups in total. The predicted octanol–water partition coefficient (Wildman–Crippen LogP) is 4.56. The molecule has 0 spiro atoms. The fraction of sp³-hybridized carbons (Fsp3) is 0.481. The van der Waals surface area contributed by atoms with Crippen molar-refractivity contribution in [3.63, 3.8) is 0 Å². The number of amides is 1. The molecule has 0 aliphatic carbocycles. The Morgan fingerprint density at radius 2 is 1.79 bits per heavy atom. The summed E-state index contributed by atoms with van der Waals surface area (Å²) in [6.45, 7) is 15.3. The van der Waals surface area contributed by atoms with Crippen LogP contribution in [0.3, 0.4) is 0 Å². The Balaban J connectivity index is 1.78. The van der Waals surface area contributed by atoms with Crippen LogP contribution in [0.15, 0.2) is 30.3 Å². The van der Waals surface area contributed by atoms with Crippen molar-refractivity contribution in [3.8, 4) is 0 Å². The molecule has 0 bridgehead atoms. The van der Waals surface area contributed by atoms with E-state index in [1.807, 2.05) is 45.0 Å². The van der Waals surface area contributed by atoms with Crippen molar-refractivity contribution < 1.29 is 19.1 Å². The molecule has 0 radical (unpaired) electrons. The largest absolute Gasteiger partial charge is 0.462 e. The van der Waals surface area contributed by atoms with Crippen molar-refractivity contribution >= 4 is 23.6 Å². The molecule has 2 heterocycles. The molecular formula is C27H37N3O4. The molecule has 1 aromatic heterocycles. The van der Waals surface area contributed by atoms with Crippen LogP contribution in [-0.2, 0) is 27.4 Å². The van der Waals surface area contributed by atoms with E-state index in [-0.39, 0.29) is 24.1 Å². The maximum atomic E-state index is 12.9. The number of benzene rings is 1. The Bertz CT molecular complexity index is 1050. The predicted molar refractivity (Wildman–Crippen MR) is 135 cm³/mol. The number of nitrogens with zero attached hydrogens (tertiary/aromatic N) is 2. The lowest BCUT2D eigenvalue weighted by molar-refractivity contribution is -0.111. The van der Waals surface area contributed by atoms with Crippen molar-refractivity contribution in [2.24, 2.45) is 0 Å². The number of hydrogen-bond donors (Lipinski definition) is 1. The van der Waals surface area contributed by atoms with Gasteiger partial charge in [0.15, 0.2) is 0 Å². The second-order valence-corrected chi connectivity index (χ2v) is 8.86. The number of morpholine rings is 1. The SMILES string of the molecule is CCOC(=O)c1c(/C=C/C(=O)Nc2ccccc2CN2CC(C)OC(C)C2)c(C)n(CC)c1C. The second-order valence-electron chi connectivity index (χ2n) is 8.86. The molecular weight excluding hydrogens is 430 g/mol. The molecule has 0 saturated carbocycles. The molecule has 7 nitrogen and oxygen atoms in total. The van der Waals surface area contributed by atoms with E-state index in [2.05, 4.69) is 28.6 Å². The third-order valence-corrected chi connectivity index (χ3v) is 6.19. The van der Waals surface area contributed by atoms with Crippen molar-refractivity contribution in [2.45, 2.75) is 66.8 Å². The monoisotopic (exact) mass is 467 g/mol. The van der Waals surface area contributed by atoms with E-state index in [9.17, 15) is 9.59 Å². The van der Waals surface area contributed by atoms with Gasteiger partial charge >= 0.3 is 5.97 Å². The summed E-state index contributed by atoms with van der Waals surface area (Å²) < 4.78 is 13.2. The van der Waals surface area contributed by atoms with Crippen LogP contribution in [0.5, 0.6) is 0 Å². The fourth-order valence-electron chi connectivity index (χ4n) is 4.81. The van der Waals surface area contributed by atoms with E-state index in [1.54, 1.807) is 13.0 Å². The molecule has 1 aliphatic heterocycles. The number of aromatic nitrogens is 1. The molecule has 2 unspecified atom stereocenters. The first-order valence-electron chi connectivity index (χ1n) is 12.1. The maximum absolute atomic E-state index is 12.9. The van der Waals surface area contributed by atoms with E-state index in [0.29, 0.717) is 12.2 Å². The second kappa shape index (κ2) is 11.5. The average Bonchev–Trinajstić information content (AvgIpc) is 3.02. The van der Waals surface area contributed by atoms with Gasteiger partial charge in [-0.25, -0.2) is 4.79 Å². The summed E-state index contributed by atoms with van der Waals surface area (Å²) in [6, 6.07) is 7.86. The van der Waals surface area contributed by atoms with Gasteiger partial charge in [0.25, 0.3) is 0 Å². The number of carbonyl (C=O) groups is 2. The molecule has 1 fully saturated rings. The number of para-hydroxylation sites is 1. The normalized spacial score (nSPS) is 18.9. The standard InChI is InChI=1S/C27H37N3O4/c1-7-30-20(5)23(26(21(30)6)27(32)33-8-2)13-14-25(31)28-24-12-10-9-11-22(24)17-29-15-18(3)34-19(4)16-29/h9-14,18-19H,7-8,15-17H2,1-6H3,(H,28,31)/b14-13+. The smallest absolute Gasteiger partial charge is 0.340 e. The summed E-state index contributed by atoms with van der Waals surface area (Å²) in [4.78, 5) is 27.8. The third kappa shape index (κ3) is 5.96. The summed E-state index contributed by atoms with van der Waals surface area (Å²) in [5.74, 6) is -0.609. The first kappa shape index (κ1) is 25.7. The van der Waals surface area contributed by atoms with Crippen LogP contribution in [0, 0.1) is 13.8 Å². The number of hydrogen-bond acceptors (Lipinski definition) is 5. The van der Waals surface area contributed by atoms with Gasteiger partial charge in [-0.2, -0.15) is 0 Å². The van der Waals surface area contributed by atoms with Crippen molar-refractivity contribution in [3.05, 3.63) is 58.4 Å². The Labute approximate surface area is 202 Å². The Morgan fingerprint density at radius 1 is 1.12 bits per heavy atom. The van der Waals surface area contributed by atoms with Crippen LogP contribution in [-0.4, -0.2) is 53.2 Å². The highest BCUT2D eigenvalue weighted by Gasteiger charge is 2.24. The van der Waals surface area contributed by atoms with Crippen molar-refractivity contribution in [1.82, 2.24) is 9.47 Å². The molecule has 184 valence electrons. The van der Waals surface area contributed by atoms with E-state index >= 15 is 0 Å². The van der Waals surface area contributed by atoms with Crippen LogP contribution < -0.4 is 5.32 Å². The highest BCUT2D eigenvalue weighted by molar-refractivity contribution is 6.04. The molecule has 34 heavy (non-hydrogen) atoms. The number of anilines is 1. The zero-order chi connectivity index (χ0) is 24.8. The van der Waals surface area contributed by atoms with Gasteiger partial charge in [-0.15, -0.1) is 0 Å². The van der Waals surface area contributed by atoms with Crippen LogP contribution in [0.25, 0.3) is 6.08 Å². The lowest BCUT2D eigenvalue weighted by atomic mass is 10.1. The summed E-state index contributed by atoms with van der Waals surface area (Å²) in [5.41, 5.74) is 4.86. The minimum absolute atomic E-state index is 0.184. The lowest BCUT2D eigenvalue weighted by Gasteiger charge is -2.35. The molecule has 2 atom stereocenters. The molecule has 1 aromatic carbocycles. The number of esters is 1. The molecule has 2 aromatic rings. The molecule has 3 rings (SSSR count). The molecule has 1 amide bonds. The highest BCUT2D eigenvalue weighted by Crippen LogP contribution is 2.25. The van der Waals surface area contributed by atoms with Gasteiger partial charge in [0, 0.05) is 54.9 Å². The third-order valence-electron chi connectivity index (χ3n) is 6.19. The van der Waals surface area contributed by atoms with Crippen LogP contribution >= 0.6 is 0 Å². The zero-order valence-corrected chi connectivity index (χ0v) is 21.2. The minimum atomic E-state index is -0.366. The lowest BCUT2D eigenvalue weighted by Crippen LogP contribution is -2.44. The van der Waals surface area contributed by atoms with E-state index in [1.165, 1.54) is 6.08 Å². The first-order chi connectivity index (χ1) is 16.2. The van der Waals surface area contributed by atoms with Gasteiger partial charge in [0.2, 0.25) is 5.91 Å². The first-order valence-corrected chi connectivity index (χ1v) is 12.1. The van der Waals surface area contributed by atoms with E-state index < -0.39 is 0 Å². The number of rotatable bonds is 8. The van der Waals surface area contributed by atoms with Crippen molar-refractivity contribution in [2.75, 3.05) is 25.0 Å². The quantitative estimate of drug-likeness (QED) is 0.455. The van der Waals surface area contributed by atoms with Crippen LogP contribution in [0.1, 0.15) is 60.6 Å².